The van der Waals surface area contributed by atoms with Crippen LogP contribution in [0.25, 0.3) is 0 Å². The molecule has 0 aliphatic heterocycles. The maximum absolute atomic E-state index is 10.9. The maximum Gasteiger partial charge on any atom is 0.309 e. The molecular formula is C9H18O3. The van der Waals surface area contributed by atoms with Gasteiger partial charge < -0.3 is 10.2 Å². The summed E-state index contributed by atoms with van der Waals surface area (Å²) in [6.07, 6.45) is -0.256. The van der Waals surface area contributed by atoms with Crippen molar-refractivity contribution in [3.8, 4) is 0 Å². The molecule has 0 aliphatic carbocycles. The van der Waals surface area contributed by atoms with E-state index in [4.69, 9.17) is 10.2 Å². The summed E-state index contributed by atoms with van der Waals surface area (Å²) in [5, 5.41) is 18.1. The topological polar surface area (TPSA) is 57.5 Å². The summed E-state index contributed by atoms with van der Waals surface area (Å²) in [6, 6.07) is 0. The fourth-order valence-corrected chi connectivity index (χ4v) is 1.18. The minimum Gasteiger partial charge on any atom is -0.481 e. The Morgan fingerprint density at radius 3 is 1.92 bits per heavy atom. The molecule has 2 N–H and O–H groups in total. The second-order valence-corrected chi connectivity index (χ2v) is 3.93. The number of aliphatic hydroxyl groups is 1. The number of carbonyl (C=O) groups is 1. The van der Waals surface area contributed by atoms with Crippen LogP contribution in [-0.4, -0.2) is 22.3 Å². The fraction of sp³-hybridized carbons (Fsp3) is 0.889. The van der Waals surface area contributed by atoms with Gasteiger partial charge in [0.2, 0.25) is 0 Å². The first-order chi connectivity index (χ1) is 5.30. The van der Waals surface area contributed by atoms with Gasteiger partial charge in [0.15, 0.2) is 0 Å². The van der Waals surface area contributed by atoms with E-state index in [1.165, 1.54) is 0 Å². The van der Waals surface area contributed by atoms with Crippen molar-refractivity contribution in [2.24, 2.45) is 11.3 Å². The zero-order valence-electron chi connectivity index (χ0n) is 8.16. The Hall–Kier alpha value is -0.570. The van der Waals surface area contributed by atoms with Gasteiger partial charge in [0, 0.05) is 0 Å². The lowest BCUT2D eigenvalue weighted by molar-refractivity contribution is -0.152. The number of carboxylic acids is 1. The Morgan fingerprint density at radius 1 is 1.42 bits per heavy atom. The van der Waals surface area contributed by atoms with Crippen molar-refractivity contribution in [2.75, 3.05) is 0 Å². The molecule has 0 aromatic heterocycles. The quantitative estimate of drug-likeness (QED) is 0.679. The normalized spacial score (nSPS) is 18.8. The molecule has 0 heterocycles. The summed E-state index contributed by atoms with van der Waals surface area (Å²) in [7, 11) is 0. The minimum absolute atomic E-state index is 0.0320. The molecule has 3 nitrogen and oxygen atoms in total. The van der Waals surface area contributed by atoms with E-state index in [1.807, 2.05) is 13.8 Å². The van der Waals surface area contributed by atoms with Crippen LogP contribution in [0.2, 0.25) is 0 Å². The molecule has 0 fully saturated rings. The summed E-state index contributed by atoms with van der Waals surface area (Å²) in [4.78, 5) is 10.9. The smallest absolute Gasteiger partial charge is 0.309 e. The molecule has 72 valence electrons. The molecule has 0 amide bonds. The van der Waals surface area contributed by atoms with Crippen LogP contribution < -0.4 is 0 Å². The van der Waals surface area contributed by atoms with Gasteiger partial charge in [-0.15, -0.1) is 0 Å². The van der Waals surface area contributed by atoms with Crippen LogP contribution in [0.5, 0.6) is 0 Å². The third kappa shape index (κ3) is 2.48. The van der Waals surface area contributed by atoms with Crippen molar-refractivity contribution < 1.29 is 15.0 Å². The Morgan fingerprint density at radius 2 is 1.83 bits per heavy atom. The average molecular weight is 174 g/mol. The van der Waals surface area contributed by atoms with E-state index >= 15 is 0 Å². The standard InChI is InChI=1S/C9H18O3/c1-6(2)9(4,8(11)12)5-7(3)10/h6-7,10H,5H2,1-4H3,(H,11,12). The van der Waals surface area contributed by atoms with Crippen LogP contribution in [0, 0.1) is 11.3 Å². The van der Waals surface area contributed by atoms with Crippen molar-refractivity contribution >= 4 is 5.97 Å². The highest BCUT2D eigenvalue weighted by atomic mass is 16.4. The number of aliphatic carboxylic acids is 1. The van der Waals surface area contributed by atoms with Gasteiger partial charge in [-0.05, 0) is 26.2 Å². The molecule has 0 saturated heterocycles. The molecule has 2 atom stereocenters. The lowest BCUT2D eigenvalue weighted by Gasteiger charge is -2.30. The van der Waals surface area contributed by atoms with E-state index in [2.05, 4.69) is 0 Å². The highest BCUT2D eigenvalue weighted by molar-refractivity contribution is 5.74. The van der Waals surface area contributed by atoms with E-state index in [1.54, 1.807) is 13.8 Å². The average Bonchev–Trinajstić information content (AvgIpc) is 1.84. The van der Waals surface area contributed by atoms with Crippen molar-refractivity contribution in [1.82, 2.24) is 0 Å². The summed E-state index contributed by atoms with van der Waals surface area (Å²) >= 11 is 0. The Balaban J connectivity index is 4.51. The zero-order valence-corrected chi connectivity index (χ0v) is 8.16. The highest BCUT2D eigenvalue weighted by Gasteiger charge is 2.37. The Labute approximate surface area is 73.4 Å². The first-order valence-corrected chi connectivity index (χ1v) is 4.22. The van der Waals surface area contributed by atoms with Crippen LogP contribution in [0.3, 0.4) is 0 Å². The van der Waals surface area contributed by atoms with Crippen LogP contribution in [-0.2, 0) is 4.79 Å². The van der Waals surface area contributed by atoms with Gasteiger partial charge in [-0.25, -0.2) is 0 Å². The fourth-order valence-electron chi connectivity index (χ4n) is 1.18. The molecule has 0 bridgehead atoms. The van der Waals surface area contributed by atoms with E-state index in [-0.39, 0.29) is 5.92 Å². The molecule has 0 spiro atoms. The van der Waals surface area contributed by atoms with Gasteiger partial charge in [-0.3, -0.25) is 4.79 Å². The van der Waals surface area contributed by atoms with Gasteiger partial charge in [0.1, 0.15) is 0 Å². The van der Waals surface area contributed by atoms with E-state index < -0.39 is 17.5 Å². The Bertz CT molecular complexity index is 163. The largest absolute Gasteiger partial charge is 0.481 e. The monoisotopic (exact) mass is 174 g/mol. The van der Waals surface area contributed by atoms with Gasteiger partial charge in [0.05, 0.1) is 11.5 Å². The Kier molecular flexibility index (Phi) is 3.71. The first kappa shape index (κ1) is 11.4. The highest BCUT2D eigenvalue weighted by Crippen LogP contribution is 2.32. The molecule has 0 rings (SSSR count). The van der Waals surface area contributed by atoms with E-state index in [9.17, 15) is 4.79 Å². The molecule has 0 aromatic carbocycles. The third-order valence-corrected chi connectivity index (χ3v) is 2.48. The van der Waals surface area contributed by atoms with Gasteiger partial charge in [0.25, 0.3) is 0 Å². The molecule has 3 heteroatoms. The summed E-state index contributed by atoms with van der Waals surface area (Å²) in [5.74, 6) is -0.803. The van der Waals surface area contributed by atoms with Crippen molar-refractivity contribution in [2.45, 2.75) is 40.2 Å². The second kappa shape index (κ2) is 3.90. The molecule has 0 radical (unpaired) electrons. The van der Waals surface area contributed by atoms with Crippen LogP contribution in [0.15, 0.2) is 0 Å². The van der Waals surface area contributed by atoms with E-state index in [0.29, 0.717) is 6.42 Å². The lowest BCUT2D eigenvalue weighted by atomic mass is 9.75. The molecular weight excluding hydrogens is 156 g/mol. The van der Waals surface area contributed by atoms with E-state index in [0.717, 1.165) is 0 Å². The van der Waals surface area contributed by atoms with Gasteiger partial charge in [-0.2, -0.15) is 0 Å². The van der Waals surface area contributed by atoms with Gasteiger partial charge in [-0.1, -0.05) is 13.8 Å². The second-order valence-electron chi connectivity index (χ2n) is 3.93. The summed E-state index contributed by atoms with van der Waals surface area (Å²) in [6.45, 7) is 7.00. The molecule has 0 saturated carbocycles. The maximum atomic E-state index is 10.9. The first-order valence-electron chi connectivity index (χ1n) is 4.22. The lowest BCUT2D eigenvalue weighted by Crippen LogP contribution is -2.36. The number of aliphatic hydroxyl groups excluding tert-OH is 1. The predicted molar refractivity (Wildman–Crippen MR) is 46.9 cm³/mol. The van der Waals surface area contributed by atoms with Crippen LogP contribution in [0.1, 0.15) is 34.1 Å². The number of hydrogen-bond acceptors (Lipinski definition) is 2. The van der Waals surface area contributed by atoms with Crippen LogP contribution >= 0.6 is 0 Å². The van der Waals surface area contributed by atoms with Gasteiger partial charge >= 0.3 is 5.97 Å². The zero-order chi connectivity index (χ0) is 9.94. The third-order valence-electron chi connectivity index (χ3n) is 2.48. The number of carboxylic acid groups (broad SMARTS) is 1. The molecule has 0 aromatic rings. The minimum atomic E-state index is -0.835. The predicted octanol–water partition coefficient (Wildman–Crippen LogP) is 1.50. The molecule has 12 heavy (non-hydrogen) atoms. The SMILES string of the molecule is CC(O)CC(C)(C(=O)O)C(C)C. The summed E-state index contributed by atoms with van der Waals surface area (Å²) < 4.78 is 0. The van der Waals surface area contributed by atoms with Crippen molar-refractivity contribution in [3.05, 3.63) is 0 Å². The summed E-state index contributed by atoms with van der Waals surface area (Å²) in [5.41, 5.74) is -0.811. The number of rotatable bonds is 4. The molecule has 0 aliphatic rings. The number of hydrogen-bond donors (Lipinski definition) is 2. The van der Waals surface area contributed by atoms with Crippen molar-refractivity contribution in [1.29, 1.82) is 0 Å². The van der Waals surface area contributed by atoms with Crippen molar-refractivity contribution in [3.63, 3.8) is 0 Å². The van der Waals surface area contributed by atoms with Crippen LogP contribution in [0.4, 0.5) is 0 Å². The molecule has 2 unspecified atom stereocenters.